The molecular weight excluding hydrogens is 319 g/mol. The largest absolute Gasteiger partial charge is 0.319 e. The van der Waals surface area contributed by atoms with Gasteiger partial charge in [-0.3, -0.25) is 4.98 Å². The predicted molar refractivity (Wildman–Crippen MR) is 98.4 cm³/mol. The lowest BCUT2D eigenvalue weighted by Gasteiger charge is -2.03. The van der Waals surface area contributed by atoms with Crippen molar-refractivity contribution < 1.29 is 4.39 Å². The van der Waals surface area contributed by atoms with Gasteiger partial charge in [-0.05, 0) is 48.5 Å². The van der Waals surface area contributed by atoms with Gasteiger partial charge in [0.2, 0.25) is 0 Å². The van der Waals surface area contributed by atoms with Gasteiger partial charge in [-0.15, -0.1) is 11.3 Å². The molecule has 4 heteroatoms. The van der Waals surface area contributed by atoms with Gasteiger partial charge in [0.15, 0.2) is 0 Å². The second-order valence-corrected chi connectivity index (χ2v) is 6.30. The van der Waals surface area contributed by atoms with Gasteiger partial charge in [0.25, 0.3) is 0 Å². The first-order valence-electron chi connectivity index (χ1n) is 7.71. The first-order valence-corrected chi connectivity index (χ1v) is 8.53. The molecule has 0 fully saturated rings. The molecule has 1 N–H and O–H groups in total. The second-order valence-electron chi connectivity index (χ2n) is 5.25. The van der Waals surface area contributed by atoms with E-state index in [4.69, 9.17) is 0 Å². The fraction of sp³-hybridized carbons (Fsp3) is 0.150. The smallest absolute Gasteiger partial charge is 0.123 e. The molecule has 3 aromatic rings. The van der Waals surface area contributed by atoms with Crippen LogP contribution >= 0.6 is 11.3 Å². The molecule has 0 bridgehead atoms. The lowest BCUT2D eigenvalue weighted by Crippen LogP contribution is -2.05. The molecule has 0 aliphatic heterocycles. The Bertz CT molecular complexity index is 858. The average molecular weight is 336 g/mol. The van der Waals surface area contributed by atoms with Crippen LogP contribution in [0.25, 0.3) is 21.6 Å². The number of hydrogen-bond donors (Lipinski definition) is 1. The summed E-state index contributed by atoms with van der Waals surface area (Å²) in [5, 5.41) is 3.09. The third-order valence-corrected chi connectivity index (χ3v) is 4.64. The average Bonchev–Trinajstić information content (AvgIpc) is 3.04. The van der Waals surface area contributed by atoms with Crippen molar-refractivity contribution in [2.45, 2.75) is 6.42 Å². The van der Waals surface area contributed by atoms with Crippen LogP contribution in [-0.2, 0) is 0 Å². The van der Waals surface area contributed by atoms with Crippen molar-refractivity contribution in [3.05, 3.63) is 65.6 Å². The third kappa shape index (κ3) is 3.88. The van der Waals surface area contributed by atoms with Crippen molar-refractivity contribution >= 4 is 11.3 Å². The standard InChI is InChI=1S/C20H17FN2S/c1-22-11-3-2-4-18-14-19(15-9-12-23-13-10-15)20(24-18)16-5-7-17(21)8-6-16/h5-10,12-14,22H,3,11H2,1H3. The van der Waals surface area contributed by atoms with Crippen LogP contribution in [0.15, 0.2) is 54.9 Å². The van der Waals surface area contributed by atoms with Gasteiger partial charge in [0.1, 0.15) is 5.82 Å². The number of halogens is 1. The SMILES string of the molecule is CNCCC#Cc1cc(-c2ccncc2)c(-c2ccc(F)cc2)s1. The highest BCUT2D eigenvalue weighted by Crippen LogP contribution is 2.39. The quantitative estimate of drug-likeness (QED) is 0.557. The Kier molecular flexibility index (Phi) is 5.37. The van der Waals surface area contributed by atoms with Crippen molar-refractivity contribution in [1.82, 2.24) is 10.3 Å². The number of rotatable bonds is 4. The minimum atomic E-state index is -0.229. The van der Waals surface area contributed by atoms with E-state index >= 15 is 0 Å². The third-order valence-electron chi connectivity index (χ3n) is 3.54. The monoisotopic (exact) mass is 336 g/mol. The molecule has 2 nitrogen and oxygen atoms in total. The maximum Gasteiger partial charge on any atom is 0.123 e. The molecule has 0 spiro atoms. The molecule has 3 rings (SSSR count). The van der Waals surface area contributed by atoms with E-state index in [9.17, 15) is 4.39 Å². The zero-order chi connectivity index (χ0) is 16.8. The molecule has 0 amide bonds. The van der Waals surface area contributed by atoms with Crippen molar-refractivity contribution in [3.8, 4) is 33.4 Å². The van der Waals surface area contributed by atoms with Crippen molar-refractivity contribution in [1.29, 1.82) is 0 Å². The fourth-order valence-electron chi connectivity index (χ4n) is 2.35. The first-order chi connectivity index (χ1) is 11.8. The Morgan fingerprint density at radius 1 is 1.08 bits per heavy atom. The van der Waals surface area contributed by atoms with Gasteiger partial charge in [-0.25, -0.2) is 4.39 Å². The maximum absolute atomic E-state index is 13.2. The van der Waals surface area contributed by atoms with Crippen LogP contribution in [0, 0.1) is 17.7 Å². The molecule has 2 aromatic heterocycles. The van der Waals surface area contributed by atoms with E-state index in [-0.39, 0.29) is 5.82 Å². The highest BCUT2D eigenvalue weighted by Gasteiger charge is 2.12. The molecular formula is C20H17FN2S. The Labute approximate surface area is 145 Å². The summed E-state index contributed by atoms with van der Waals surface area (Å²) in [6, 6.07) is 12.7. The van der Waals surface area contributed by atoms with E-state index in [1.165, 1.54) is 12.1 Å². The molecule has 0 saturated heterocycles. The van der Waals surface area contributed by atoms with Crippen molar-refractivity contribution in [2.24, 2.45) is 0 Å². The van der Waals surface area contributed by atoms with Crippen LogP contribution in [0.4, 0.5) is 4.39 Å². The van der Waals surface area contributed by atoms with Crippen LogP contribution < -0.4 is 5.32 Å². The van der Waals surface area contributed by atoms with E-state index in [0.29, 0.717) is 0 Å². The minimum Gasteiger partial charge on any atom is -0.319 e. The summed E-state index contributed by atoms with van der Waals surface area (Å²) in [5.74, 6) is 6.18. The normalized spacial score (nSPS) is 10.2. The number of thiophene rings is 1. The Morgan fingerprint density at radius 3 is 2.54 bits per heavy atom. The van der Waals surface area contributed by atoms with Gasteiger partial charge >= 0.3 is 0 Å². The van der Waals surface area contributed by atoms with Crippen LogP contribution in [0.1, 0.15) is 11.3 Å². The Balaban J connectivity index is 2.03. The summed E-state index contributed by atoms with van der Waals surface area (Å²) < 4.78 is 13.2. The summed E-state index contributed by atoms with van der Waals surface area (Å²) in [7, 11) is 1.92. The van der Waals surface area contributed by atoms with Crippen molar-refractivity contribution in [3.63, 3.8) is 0 Å². The molecule has 120 valence electrons. The summed E-state index contributed by atoms with van der Waals surface area (Å²) in [5.41, 5.74) is 3.19. The Hall–Kier alpha value is -2.48. The summed E-state index contributed by atoms with van der Waals surface area (Å²) in [6.07, 6.45) is 4.37. The lowest BCUT2D eigenvalue weighted by molar-refractivity contribution is 0.628. The number of benzene rings is 1. The molecule has 1 aromatic carbocycles. The van der Waals surface area contributed by atoms with Crippen LogP contribution in [0.2, 0.25) is 0 Å². The fourth-order valence-corrected chi connectivity index (χ4v) is 3.41. The molecule has 2 heterocycles. The van der Waals surface area contributed by atoms with Gasteiger partial charge in [0.05, 0.1) is 4.88 Å². The van der Waals surface area contributed by atoms with Crippen LogP contribution in [-0.4, -0.2) is 18.6 Å². The molecule has 0 atom stereocenters. The maximum atomic E-state index is 13.2. The Morgan fingerprint density at radius 2 is 1.83 bits per heavy atom. The zero-order valence-corrected chi connectivity index (χ0v) is 14.2. The molecule has 0 radical (unpaired) electrons. The summed E-state index contributed by atoms with van der Waals surface area (Å²) in [4.78, 5) is 6.19. The highest BCUT2D eigenvalue weighted by atomic mass is 32.1. The number of nitrogens with zero attached hydrogens (tertiary/aromatic N) is 1. The van der Waals surface area contributed by atoms with Gasteiger partial charge < -0.3 is 5.32 Å². The lowest BCUT2D eigenvalue weighted by atomic mass is 10.0. The van der Waals surface area contributed by atoms with Gasteiger partial charge in [-0.2, -0.15) is 0 Å². The molecule has 0 aliphatic rings. The molecule has 24 heavy (non-hydrogen) atoms. The molecule has 0 saturated carbocycles. The van der Waals surface area contributed by atoms with Crippen LogP contribution in [0.5, 0.6) is 0 Å². The number of hydrogen-bond acceptors (Lipinski definition) is 3. The summed E-state index contributed by atoms with van der Waals surface area (Å²) >= 11 is 1.63. The van der Waals surface area contributed by atoms with E-state index < -0.39 is 0 Å². The number of aromatic nitrogens is 1. The zero-order valence-electron chi connectivity index (χ0n) is 13.3. The first kappa shape index (κ1) is 16.4. The van der Waals surface area contributed by atoms with Gasteiger partial charge in [-0.1, -0.05) is 24.0 Å². The highest BCUT2D eigenvalue weighted by molar-refractivity contribution is 7.16. The van der Waals surface area contributed by atoms with Crippen molar-refractivity contribution in [2.75, 3.05) is 13.6 Å². The number of pyridine rings is 1. The van der Waals surface area contributed by atoms with Gasteiger partial charge in [0, 0.05) is 35.8 Å². The topological polar surface area (TPSA) is 24.9 Å². The van der Waals surface area contributed by atoms with E-state index in [2.05, 4.69) is 28.2 Å². The molecule has 0 aliphatic carbocycles. The van der Waals surface area contributed by atoms with E-state index in [0.717, 1.165) is 39.4 Å². The minimum absolute atomic E-state index is 0.229. The predicted octanol–water partition coefficient (Wildman–Crippen LogP) is 4.58. The second kappa shape index (κ2) is 7.87. The van der Waals surface area contributed by atoms with E-state index in [1.54, 1.807) is 23.7 Å². The van der Waals surface area contributed by atoms with Crippen LogP contribution in [0.3, 0.4) is 0 Å². The molecule has 0 unspecified atom stereocenters. The van der Waals surface area contributed by atoms with E-state index in [1.807, 2.05) is 31.3 Å². The number of nitrogens with one attached hydrogen (secondary N) is 1. The summed E-state index contributed by atoms with van der Waals surface area (Å²) in [6.45, 7) is 0.875.